The summed E-state index contributed by atoms with van der Waals surface area (Å²) in [6.45, 7) is 2.84. The van der Waals surface area contributed by atoms with E-state index in [1.54, 1.807) is 14.2 Å². The number of fused-ring (bicyclic) bond motifs is 1. The van der Waals surface area contributed by atoms with Crippen LogP contribution in [0, 0.1) is 0 Å². The lowest BCUT2D eigenvalue weighted by molar-refractivity contribution is 0.0963. The summed E-state index contributed by atoms with van der Waals surface area (Å²) in [7, 11) is 3.34. The quantitative estimate of drug-likeness (QED) is 0.706. The first-order valence-electron chi connectivity index (χ1n) is 8.74. The van der Waals surface area contributed by atoms with Crippen molar-refractivity contribution in [1.82, 2.24) is 10.6 Å². The molecule has 3 rings (SSSR count). The second-order valence-corrected chi connectivity index (χ2v) is 6.28. The molecule has 0 aromatic heterocycles. The second kappa shape index (κ2) is 8.02. The number of hydrogen-bond acceptors (Lipinski definition) is 3. The van der Waals surface area contributed by atoms with E-state index in [0.29, 0.717) is 12.1 Å². The Labute approximate surface area is 154 Å². The highest BCUT2D eigenvalue weighted by Crippen LogP contribution is 2.31. The first-order valence-corrected chi connectivity index (χ1v) is 8.74. The third-order valence-electron chi connectivity index (χ3n) is 4.63. The Hall–Kier alpha value is -2.85. The number of nitrogens with one attached hydrogen (secondary N) is 2. The zero-order valence-electron chi connectivity index (χ0n) is 15.4. The van der Waals surface area contributed by atoms with Gasteiger partial charge in [0.15, 0.2) is 0 Å². The molecule has 1 atom stereocenters. The van der Waals surface area contributed by atoms with Crippen molar-refractivity contribution in [2.75, 3.05) is 14.2 Å². The molecule has 4 nitrogen and oxygen atoms in total. The molecule has 2 N–H and O–H groups in total. The Kier molecular flexibility index (Phi) is 5.54. The van der Waals surface area contributed by atoms with Crippen molar-refractivity contribution in [3.05, 3.63) is 77.4 Å². The van der Waals surface area contributed by atoms with Gasteiger partial charge < -0.3 is 15.4 Å². The van der Waals surface area contributed by atoms with Gasteiger partial charge in [-0.2, -0.15) is 0 Å². The standard InChI is InChI=1S/C22H24N2O2/c1-15(24-14-16-7-6-8-17(13-16)22(25)23-2)18-11-12-21(26-3)20-10-5-4-9-19(18)20/h4-13,15,24H,14H2,1-3H3,(H,23,25)/t15-/m0/s1. The zero-order valence-corrected chi connectivity index (χ0v) is 15.4. The summed E-state index contributed by atoms with van der Waals surface area (Å²) in [5, 5.41) is 8.52. The Balaban J connectivity index is 1.80. The molecule has 0 bridgehead atoms. The fraction of sp³-hybridized carbons (Fsp3) is 0.227. The molecule has 0 aliphatic carbocycles. The molecule has 4 heteroatoms. The van der Waals surface area contributed by atoms with Crippen LogP contribution in [0.4, 0.5) is 0 Å². The first-order chi connectivity index (χ1) is 12.6. The number of rotatable bonds is 6. The Bertz CT molecular complexity index is 921. The maximum absolute atomic E-state index is 11.8. The predicted octanol–water partition coefficient (Wildman–Crippen LogP) is 4.06. The number of carbonyl (C=O) groups excluding carboxylic acids is 1. The van der Waals surface area contributed by atoms with Crippen LogP contribution in [0.3, 0.4) is 0 Å². The summed E-state index contributed by atoms with van der Waals surface area (Å²) in [4.78, 5) is 11.8. The maximum atomic E-state index is 11.8. The van der Waals surface area contributed by atoms with Crippen LogP contribution in [0.1, 0.15) is 34.5 Å². The average Bonchev–Trinajstić information content (AvgIpc) is 2.70. The van der Waals surface area contributed by atoms with Crippen molar-refractivity contribution in [2.24, 2.45) is 0 Å². The first kappa shape index (κ1) is 18.0. The summed E-state index contributed by atoms with van der Waals surface area (Å²) in [6.07, 6.45) is 0. The minimum atomic E-state index is -0.0685. The molecule has 3 aromatic carbocycles. The van der Waals surface area contributed by atoms with Crippen LogP contribution in [0.2, 0.25) is 0 Å². The summed E-state index contributed by atoms with van der Waals surface area (Å²) >= 11 is 0. The minimum Gasteiger partial charge on any atom is -0.496 e. The summed E-state index contributed by atoms with van der Waals surface area (Å²) in [5.74, 6) is 0.816. The molecule has 26 heavy (non-hydrogen) atoms. The van der Waals surface area contributed by atoms with Gasteiger partial charge in [-0.1, -0.05) is 42.5 Å². The van der Waals surface area contributed by atoms with Gasteiger partial charge >= 0.3 is 0 Å². The fourth-order valence-electron chi connectivity index (χ4n) is 3.20. The van der Waals surface area contributed by atoms with Gasteiger partial charge in [-0.3, -0.25) is 4.79 Å². The number of carbonyl (C=O) groups is 1. The lowest BCUT2D eigenvalue weighted by Crippen LogP contribution is -2.20. The van der Waals surface area contributed by atoms with Crippen molar-refractivity contribution in [2.45, 2.75) is 19.5 Å². The maximum Gasteiger partial charge on any atom is 0.251 e. The molecule has 0 saturated carbocycles. The molecule has 0 saturated heterocycles. The van der Waals surface area contributed by atoms with Crippen LogP contribution in [0.15, 0.2) is 60.7 Å². The Morgan fingerprint density at radius 1 is 1.04 bits per heavy atom. The normalized spacial score (nSPS) is 12.0. The highest BCUT2D eigenvalue weighted by atomic mass is 16.5. The number of methoxy groups -OCH3 is 1. The van der Waals surface area contributed by atoms with Gasteiger partial charge in [0.2, 0.25) is 0 Å². The van der Waals surface area contributed by atoms with Gasteiger partial charge in [-0.25, -0.2) is 0 Å². The molecule has 0 heterocycles. The fourth-order valence-corrected chi connectivity index (χ4v) is 3.20. The van der Waals surface area contributed by atoms with Crippen LogP contribution in [0.5, 0.6) is 5.75 Å². The summed E-state index contributed by atoms with van der Waals surface area (Å²) < 4.78 is 5.48. The van der Waals surface area contributed by atoms with Crippen molar-refractivity contribution < 1.29 is 9.53 Å². The summed E-state index contributed by atoms with van der Waals surface area (Å²) in [6, 6.07) is 20.2. The zero-order chi connectivity index (χ0) is 18.5. The molecule has 0 fully saturated rings. The highest BCUT2D eigenvalue weighted by Gasteiger charge is 2.12. The predicted molar refractivity (Wildman–Crippen MR) is 106 cm³/mol. The summed E-state index contributed by atoms with van der Waals surface area (Å²) in [5.41, 5.74) is 2.98. The van der Waals surface area contributed by atoms with Crippen LogP contribution in [0.25, 0.3) is 10.8 Å². The van der Waals surface area contributed by atoms with E-state index in [9.17, 15) is 4.79 Å². The van der Waals surface area contributed by atoms with Crippen molar-refractivity contribution in [3.63, 3.8) is 0 Å². The van der Waals surface area contributed by atoms with Crippen molar-refractivity contribution >= 4 is 16.7 Å². The van der Waals surface area contributed by atoms with E-state index < -0.39 is 0 Å². The van der Waals surface area contributed by atoms with Gasteiger partial charge in [0.25, 0.3) is 5.91 Å². The Morgan fingerprint density at radius 3 is 2.54 bits per heavy atom. The lowest BCUT2D eigenvalue weighted by Gasteiger charge is -2.18. The monoisotopic (exact) mass is 348 g/mol. The van der Waals surface area contributed by atoms with E-state index in [-0.39, 0.29) is 11.9 Å². The third kappa shape index (κ3) is 3.70. The van der Waals surface area contributed by atoms with E-state index >= 15 is 0 Å². The molecule has 3 aromatic rings. The number of hydrogen-bond donors (Lipinski definition) is 2. The molecule has 0 spiro atoms. The van der Waals surface area contributed by atoms with E-state index in [4.69, 9.17) is 4.74 Å². The van der Waals surface area contributed by atoms with Crippen LogP contribution >= 0.6 is 0 Å². The van der Waals surface area contributed by atoms with E-state index in [0.717, 1.165) is 16.7 Å². The minimum absolute atomic E-state index is 0.0685. The number of ether oxygens (including phenoxy) is 1. The van der Waals surface area contributed by atoms with Crippen LogP contribution < -0.4 is 15.4 Å². The molecule has 0 aliphatic heterocycles. The van der Waals surface area contributed by atoms with Gasteiger partial charge in [0.05, 0.1) is 7.11 Å². The second-order valence-electron chi connectivity index (χ2n) is 6.28. The molecular formula is C22H24N2O2. The molecule has 134 valence electrons. The van der Waals surface area contributed by atoms with Gasteiger partial charge in [0.1, 0.15) is 5.75 Å². The van der Waals surface area contributed by atoms with E-state index in [2.05, 4.69) is 35.8 Å². The molecular weight excluding hydrogens is 324 g/mol. The topological polar surface area (TPSA) is 50.4 Å². The van der Waals surface area contributed by atoms with Gasteiger partial charge in [-0.05, 0) is 41.6 Å². The van der Waals surface area contributed by atoms with Crippen molar-refractivity contribution in [1.29, 1.82) is 0 Å². The van der Waals surface area contributed by atoms with Crippen molar-refractivity contribution in [3.8, 4) is 5.75 Å². The molecule has 0 aliphatic rings. The molecule has 0 radical (unpaired) electrons. The lowest BCUT2D eigenvalue weighted by atomic mass is 9.98. The average molecular weight is 348 g/mol. The molecule has 1 amide bonds. The van der Waals surface area contributed by atoms with E-state index in [1.807, 2.05) is 42.5 Å². The van der Waals surface area contributed by atoms with E-state index in [1.165, 1.54) is 10.9 Å². The van der Waals surface area contributed by atoms with Crippen LogP contribution in [-0.4, -0.2) is 20.1 Å². The number of amides is 1. The SMILES string of the molecule is CNC(=O)c1cccc(CN[C@@H](C)c2ccc(OC)c3ccccc23)c1. The van der Waals surface area contributed by atoms with Crippen LogP contribution in [-0.2, 0) is 6.54 Å². The number of benzene rings is 3. The third-order valence-corrected chi connectivity index (χ3v) is 4.63. The molecule has 0 unspecified atom stereocenters. The highest BCUT2D eigenvalue weighted by molar-refractivity contribution is 5.94. The van der Waals surface area contributed by atoms with Gasteiger partial charge in [0, 0.05) is 30.6 Å². The smallest absolute Gasteiger partial charge is 0.251 e. The van der Waals surface area contributed by atoms with Gasteiger partial charge in [-0.15, -0.1) is 0 Å². The Morgan fingerprint density at radius 2 is 1.81 bits per heavy atom. The largest absolute Gasteiger partial charge is 0.496 e.